The van der Waals surface area contributed by atoms with Crippen molar-refractivity contribution in [2.75, 3.05) is 6.26 Å². The van der Waals surface area contributed by atoms with Crippen LogP contribution in [0.3, 0.4) is 0 Å². The van der Waals surface area contributed by atoms with Crippen molar-refractivity contribution in [3.63, 3.8) is 0 Å². The van der Waals surface area contributed by atoms with Crippen molar-refractivity contribution < 1.29 is 4.42 Å². The minimum atomic E-state index is -0.388. The molecule has 0 fully saturated rings. The molecule has 0 atom stereocenters. The molecule has 0 bridgehead atoms. The lowest BCUT2D eigenvalue weighted by Crippen LogP contribution is -2.12. The van der Waals surface area contributed by atoms with Crippen molar-refractivity contribution in [2.45, 2.75) is 4.90 Å². The molecule has 21 heavy (non-hydrogen) atoms. The topological polar surface area (TPSA) is 35.1 Å². The highest BCUT2D eigenvalue weighted by atomic mass is 79.9. The Morgan fingerprint density at radius 2 is 1.71 bits per heavy atom. The van der Waals surface area contributed by atoms with E-state index in [0.29, 0.717) is 0 Å². The summed E-state index contributed by atoms with van der Waals surface area (Å²) >= 11 is 5.08. The van der Waals surface area contributed by atoms with E-state index >= 15 is 0 Å². The molecule has 1 aromatic heterocycles. The quantitative estimate of drug-likeness (QED) is 0.640. The van der Waals surface area contributed by atoms with Crippen LogP contribution >= 0.6 is 27.7 Å². The fourth-order valence-electron chi connectivity index (χ4n) is 2.10. The number of rotatable bonds is 3. The van der Waals surface area contributed by atoms with Crippen LogP contribution in [0.2, 0.25) is 0 Å². The molecule has 0 spiro atoms. The van der Waals surface area contributed by atoms with Crippen molar-refractivity contribution in [1.29, 1.82) is 0 Å². The van der Waals surface area contributed by atoms with Gasteiger partial charge in [-0.05, 0) is 42.7 Å². The van der Waals surface area contributed by atoms with Gasteiger partial charge < -0.3 is 4.42 Å². The lowest BCUT2D eigenvalue weighted by molar-refractivity contribution is 0.504. The average Bonchev–Trinajstić information content (AvgIpc) is 2.90. The lowest BCUT2D eigenvalue weighted by Gasteiger charge is -2.07. The summed E-state index contributed by atoms with van der Waals surface area (Å²) in [6.45, 7) is 0. The molecule has 0 aliphatic carbocycles. The largest absolute Gasteiger partial charge is 0.424 e. The van der Waals surface area contributed by atoms with Crippen molar-refractivity contribution in [3.8, 4) is 16.9 Å². The zero-order chi connectivity index (χ0) is 14.8. The van der Waals surface area contributed by atoms with Crippen LogP contribution in [0.4, 0.5) is 0 Å². The predicted octanol–water partition coefficient (Wildman–Crippen LogP) is 4.58. The minimum Gasteiger partial charge on any atom is -0.415 e. The summed E-state index contributed by atoms with van der Waals surface area (Å²) in [5.41, 5.74) is 2.47. The maximum absolute atomic E-state index is 12.0. The van der Waals surface area contributed by atoms with E-state index in [1.807, 2.05) is 54.8 Å². The molecule has 2 aromatic carbocycles. The molecule has 5 heteroatoms. The van der Waals surface area contributed by atoms with Crippen LogP contribution in [0.5, 0.6) is 0 Å². The van der Waals surface area contributed by atoms with Crippen LogP contribution < -0.4 is 5.76 Å². The molecule has 0 saturated carbocycles. The smallest absolute Gasteiger partial charge is 0.415 e. The Balaban J connectivity index is 2.11. The number of hydrogen-bond donors (Lipinski definition) is 0. The molecule has 1 heterocycles. The van der Waals surface area contributed by atoms with E-state index in [1.54, 1.807) is 16.3 Å². The first kappa shape index (κ1) is 14.2. The van der Waals surface area contributed by atoms with Crippen LogP contribution in [-0.2, 0) is 0 Å². The summed E-state index contributed by atoms with van der Waals surface area (Å²) in [6, 6.07) is 15.6. The van der Waals surface area contributed by atoms with Gasteiger partial charge in [-0.2, -0.15) is 0 Å². The second kappa shape index (κ2) is 5.95. The number of nitrogens with zero attached hydrogens (tertiary/aromatic N) is 1. The molecule has 0 saturated heterocycles. The van der Waals surface area contributed by atoms with Gasteiger partial charge in [0.15, 0.2) is 0 Å². The number of oxazole rings is 1. The van der Waals surface area contributed by atoms with E-state index in [-0.39, 0.29) is 5.76 Å². The van der Waals surface area contributed by atoms with Gasteiger partial charge in [-0.1, -0.05) is 28.1 Å². The van der Waals surface area contributed by atoms with Gasteiger partial charge in [0.25, 0.3) is 0 Å². The maximum Gasteiger partial charge on any atom is 0.424 e. The van der Waals surface area contributed by atoms with Gasteiger partial charge in [-0.3, -0.25) is 0 Å². The summed E-state index contributed by atoms with van der Waals surface area (Å²) in [5, 5.41) is 0. The zero-order valence-electron chi connectivity index (χ0n) is 11.2. The highest BCUT2D eigenvalue weighted by Crippen LogP contribution is 2.25. The Morgan fingerprint density at radius 3 is 2.33 bits per heavy atom. The molecule has 3 aromatic rings. The fourth-order valence-corrected chi connectivity index (χ4v) is 2.78. The van der Waals surface area contributed by atoms with E-state index in [2.05, 4.69) is 15.9 Å². The first-order valence-corrected chi connectivity index (χ1v) is 8.32. The third-order valence-electron chi connectivity index (χ3n) is 3.17. The first-order valence-electron chi connectivity index (χ1n) is 6.30. The average molecular weight is 362 g/mol. The minimum absolute atomic E-state index is 0.388. The van der Waals surface area contributed by atoms with Crippen LogP contribution in [0, 0.1) is 0 Å². The molecule has 0 aliphatic rings. The number of benzene rings is 2. The summed E-state index contributed by atoms with van der Waals surface area (Å²) in [5.74, 6) is -0.388. The van der Waals surface area contributed by atoms with E-state index in [0.717, 1.165) is 21.4 Å². The van der Waals surface area contributed by atoms with Gasteiger partial charge >= 0.3 is 5.76 Å². The predicted molar refractivity (Wildman–Crippen MR) is 89.2 cm³/mol. The van der Waals surface area contributed by atoms with Crippen molar-refractivity contribution in [3.05, 3.63) is 69.8 Å². The Morgan fingerprint density at radius 1 is 1.05 bits per heavy atom. The van der Waals surface area contributed by atoms with Gasteiger partial charge in [-0.15, -0.1) is 11.8 Å². The lowest BCUT2D eigenvalue weighted by atomic mass is 10.1. The van der Waals surface area contributed by atoms with Crippen molar-refractivity contribution in [1.82, 2.24) is 4.57 Å². The number of hydrogen-bond acceptors (Lipinski definition) is 3. The molecule has 0 N–H and O–H groups in total. The molecule has 3 rings (SSSR count). The Kier molecular flexibility index (Phi) is 4.03. The highest BCUT2D eigenvalue weighted by Gasteiger charge is 2.12. The van der Waals surface area contributed by atoms with Crippen LogP contribution in [0.15, 0.2) is 73.4 Å². The summed E-state index contributed by atoms with van der Waals surface area (Å²) in [7, 11) is 0. The molecule has 0 amide bonds. The van der Waals surface area contributed by atoms with Crippen LogP contribution in [-0.4, -0.2) is 10.8 Å². The normalized spacial score (nSPS) is 10.8. The Bertz CT molecular complexity index is 804. The Labute approximate surface area is 134 Å². The fraction of sp³-hybridized carbons (Fsp3) is 0.0625. The first-order chi connectivity index (χ1) is 10.2. The number of aromatic nitrogens is 1. The number of halogens is 1. The van der Waals surface area contributed by atoms with Crippen LogP contribution in [0.1, 0.15) is 0 Å². The van der Waals surface area contributed by atoms with Gasteiger partial charge in [-0.25, -0.2) is 9.36 Å². The summed E-state index contributed by atoms with van der Waals surface area (Å²) < 4.78 is 7.62. The van der Waals surface area contributed by atoms with Crippen LogP contribution in [0.25, 0.3) is 16.9 Å². The second-order valence-electron chi connectivity index (χ2n) is 4.43. The van der Waals surface area contributed by atoms with E-state index in [9.17, 15) is 4.79 Å². The molecule has 106 valence electrons. The van der Waals surface area contributed by atoms with E-state index in [4.69, 9.17) is 4.42 Å². The highest BCUT2D eigenvalue weighted by molar-refractivity contribution is 9.10. The van der Waals surface area contributed by atoms with Gasteiger partial charge in [0.2, 0.25) is 0 Å². The number of thioether (sulfide) groups is 1. The van der Waals surface area contributed by atoms with Gasteiger partial charge in [0.1, 0.15) is 6.26 Å². The standard InChI is InChI=1S/C16H12BrNO2S/c1-21-14-8-2-11(3-9-14)15-10-20-16(19)18(15)13-6-4-12(17)5-7-13/h2-10H,1H3. The molecule has 0 aliphatic heterocycles. The van der Waals surface area contributed by atoms with E-state index < -0.39 is 0 Å². The van der Waals surface area contributed by atoms with E-state index in [1.165, 1.54) is 11.2 Å². The van der Waals surface area contributed by atoms with Crippen molar-refractivity contribution in [2.24, 2.45) is 0 Å². The van der Waals surface area contributed by atoms with Gasteiger partial charge in [0, 0.05) is 14.9 Å². The molecule has 3 nitrogen and oxygen atoms in total. The third-order valence-corrected chi connectivity index (χ3v) is 4.44. The maximum atomic E-state index is 12.0. The summed E-state index contributed by atoms with van der Waals surface area (Å²) in [4.78, 5) is 13.2. The zero-order valence-corrected chi connectivity index (χ0v) is 13.6. The molecular formula is C16H12BrNO2S. The second-order valence-corrected chi connectivity index (χ2v) is 6.22. The molecule has 0 radical (unpaired) electrons. The van der Waals surface area contributed by atoms with Crippen molar-refractivity contribution >= 4 is 27.7 Å². The molecule has 0 unspecified atom stereocenters. The SMILES string of the molecule is CSc1ccc(-c2coc(=O)n2-c2ccc(Br)cc2)cc1. The Hall–Kier alpha value is -1.72. The summed E-state index contributed by atoms with van der Waals surface area (Å²) in [6.07, 6.45) is 3.53. The monoisotopic (exact) mass is 361 g/mol. The van der Waals surface area contributed by atoms with Gasteiger partial charge in [0.05, 0.1) is 11.4 Å². The third kappa shape index (κ3) is 2.84. The molecular weight excluding hydrogens is 350 g/mol.